The Bertz CT molecular complexity index is 1730. The van der Waals surface area contributed by atoms with E-state index in [-0.39, 0.29) is 25.3 Å². The van der Waals surface area contributed by atoms with E-state index in [1.165, 1.54) is 0 Å². The van der Waals surface area contributed by atoms with E-state index in [4.69, 9.17) is 20.9 Å². The van der Waals surface area contributed by atoms with Crippen LogP contribution in [0.25, 0.3) is 0 Å². The second-order valence-electron chi connectivity index (χ2n) is 12.6. The Balaban J connectivity index is 0.974. The van der Waals surface area contributed by atoms with Crippen molar-refractivity contribution in [2.24, 2.45) is 11.5 Å². The molecule has 54 heavy (non-hydrogen) atoms. The summed E-state index contributed by atoms with van der Waals surface area (Å²) in [5.41, 5.74) is 16.6. The van der Waals surface area contributed by atoms with Gasteiger partial charge >= 0.3 is 24.2 Å². The molecule has 0 spiro atoms. The van der Waals surface area contributed by atoms with E-state index in [1.54, 1.807) is 31.7 Å². The van der Waals surface area contributed by atoms with Crippen LogP contribution in [-0.4, -0.2) is 109 Å². The predicted molar refractivity (Wildman–Crippen MR) is 202 cm³/mol. The number of rotatable bonds is 8. The fourth-order valence-electron chi connectivity index (χ4n) is 5.69. The summed E-state index contributed by atoms with van der Waals surface area (Å²) in [6, 6.07) is 22.4. The highest BCUT2D eigenvalue weighted by molar-refractivity contribution is 5.75. The number of hydrogen-bond donors (Lipinski definition) is 4. The van der Waals surface area contributed by atoms with Crippen LogP contribution in [0.1, 0.15) is 33.4 Å². The van der Waals surface area contributed by atoms with Gasteiger partial charge in [-0.3, -0.25) is 0 Å². The molecule has 0 unspecified atom stereocenters. The summed E-state index contributed by atoms with van der Waals surface area (Å²) >= 11 is 0. The molecule has 0 aromatic heterocycles. The minimum atomic E-state index is -0.492. The monoisotopic (exact) mass is 734 g/mol. The van der Waals surface area contributed by atoms with Gasteiger partial charge < -0.3 is 51.2 Å². The first-order valence-corrected chi connectivity index (χ1v) is 17.8. The van der Waals surface area contributed by atoms with E-state index in [1.807, 2.05) is 60.7 Å². The minimum absolute atomic E-state index is 0.111. The minimum Gasteiger partial charge on any atom is -0.436 e. The number of hydrogen-bond acceptors (Lipinski definition) is 8. The molecule has 14 heteroatoms. The first-order chi connectivity index (χ1) is 26.3. The van der Waals surface area contributed by atoms with E-state index in [2.05, 4.69) is 34.3 Å². The molecule has 6 amide bonds. The smallest absolute Gasteiger partial charge is 0.410 e. The molecule has 0 saturated carbocycles. The number of carbonyl (C=O) groups is 4. The molecule has 5 rings (SSSR count). The molecular formula is C40H46N8O6. The van der Waals surface area contributed by atoms with Gasteiger partial charge in [0.2, 0.25) is 0 Å². The molecule has 14 nitrogen and oxygen atoms in total. The normalized spacial score (nSPS) is 13.8. The second kappa shape index (κ2) is 20.1. The maximum absolute atomic E-state index is 12.6. The number of piperazine rings is 2. The number of carbonyl (C=O) groups excluding carboxylic acids is 4. The lowest BCUT2D eigenvalue weighted by molar-refractivity contribution is 0.0898. The molecule has 282 valence electrons. The first-order valence-electron chi connectivity index (χ1n) is 17.8. The van der Waals surface area contributed by atoms with Crippen molar-refractivity contribution in [2.75, 3.05) is 65.6 Å². The van der Waals surface area contributed by atoms with Crippen molar-refractivity contribution < 1.29 is 28.7 Å². The molecular weight excluding hydrogens is 688 g/mol. The van der Waals surface area contributed by atoms with Gasteiger partial charge in [0, 0.05) is 89.7 Å². The quantitative estimate of drug-likeness (QED) is 0.256. The van der Waals surface area contributed by atoms with Gasteiger partial charge in [-0.25, -0.2) is 19.2 Å². The number of ether oxygens (including phenoxy) is 2. The molecule has 6 N–H and O–H groups in total. The van der Waals surface area contributed by atoms with Crippen molar-refractivity contribution in [3.63, 3.8) is 0 Å². The Kier molecular flexibility index (Phi) is 14.5. The maximum Gasteiger partial charge on any atom is 0.410 e. The Morgan fingerprint density at radius 3 is 1.20 bits per heavy atom. The second-order valence-corrected chi connectivity index (χ2v) is 12.6. The van der Waals surface area contributed by atoms with Crippen molar-refractivity contribution in [3.8, 4) is 23.7 Å². The lowest BCUT2D eigenvalue weighted by atomic mass is 10.1. The van der Waals surface area contributed by atoms with E-state index in [0.29, 0.717) is 89.7 Å². The van der Waals surface area contributed by atoms with Gasteiger partial charge in [-0.05, 0) is 34.4 Å². The van der Waals surface area contributed by atoms with Crippen molar-refractivity contribution in [2.45, 2.75) is 26.2 Å². The highest BCUT2D eigenvalue weighted by Crippen LogP contribution is 2.10. The molecule has 0 radical (unpaired) electrons. The molecule has 2 heterocycles. The summed E-state index contributed by atoms with van der Waals surface area (Å²) in [4.78, 5) is 56.9. The van der Waals surface area contributed by atoms with Crippen LogP contribution in [0.15, 0.2) is 72.8 Å². The van der Waals surface area contributed by atoms with E-state index in [0.717, 1.165) is 22.3 Å². The largest absolute Gasteiger partial charge is 0.436 e. The molecule has 3 aromatic carbocycles. The fourth-order valence-corrected chi connectivity index (χ4v) is 5.69. The third-order valence-corrected chi connectivity index (χ3v) is 8.96. The van der Waals surface area contributed by atoms with Crippen LogP contribution >= 0.6 is 0 Å². The van der Waals surface area contributed by atoms with E-state index in [9.17, 15) is 19.2 Å². The van der Waals surface area contributed by atoms with Gasteiger partial charge in [0.05, 0.1) is 0 Å². The predicted octanol–water partition coefficient (Wildman–Crippen LogP) is 2.64. The van der Waals surface area contributed by atoms with Gasteiger partial charge in [0.15, 0.2) is 13.2 Å². The topological polar surface area (TPSA) is 176 Å². The van der Waals surface area contributed by atoms with Crippen LogP contribution in [0, 0.1) is 23.7 Å². The summed E-state index contributed by atoms with van der Waals surface area (Å²) < 4.78 is 10.7. The van der Waals surface area contributed by atoms with Crippen LogP contribution in [0.2, 0.25) is 0 Å². The summed E-state index contributed by atoms with van der Waals surface area (Å²) in [5, 5.41) is 5.83. The third-order valence-electron chi connectivity index (χ3n) is 8.96. The molecule has 2 saturated heterocycles. The summed E-state index contributed by atoms with van der Waals surface area (Å²) in [6.07, 6.45) is -0.983. The zero-order valence-electron chi connectivity index (χ0n) is 30.2. The highest BCUT2D eigenvalue weighted by atomic mass is 16.6. The fraction of sp³-hybridized carbons (Fsp3) is 0.350. The Labute approximate surface area is 315 Å². The van der Waals surface area contributed by atoms with Crippen LogP contribution in [0.4, 0.5) is 19.2 Å². The van der Waals surface area contributed by atoms with Crippen molar-refractivity contribution in [3.05, 3.63) is 106 Å². The number of nitrogens with one attached hydrogen (secondary N) is 2. The molecule has 0 atom stereocenters. The van der Waals surface area contributed by atoms with Gasteiger partial charge in [0.25, 0.3) is 0 Å². The maximum atomic E-state index is 12.6. The molecule has 3 aromatic rings. The molecule has 0 bridgehead atoms. The highest BCUT2D eigenvalue weighted by Gasteiger charge is 2.26. The number of urea groups is 2. The summed E-state index contributed by atoms with van der Waals surface area (Å²) in [6.45, 7) is 4.51. The number of nitrogens with zero attached hydrogens (tertiary/aromatic N) is 4. The number of amides is 6. The molecule has 2 aliphatic rings. The van der Waals surface area contributed by atoms with Crippen molar-refractivity contribution >= 4 is 24.2 Å². The Morgan fingerprint density at radius 1 is 0.519 bits per heavy atom. The third kappa shape index (κ3) is 11.6. The van der Waals surface area contributed by atoms with E-state index >= 15 is 0 Å². The SMILES string of the molecule is NCc1ccc(CNC(=O)N2CCN(C(=O)OCC#Cc3ccccc3C#CCOC(=O)N3CCN(C(=O)NCc4ccc(CN)cc4)CC3)CC2)cc1. The van der Waals surface area contributed by atoms with Gasteiger partial charge in [-0.2, -0.15) is 0 Å². The summed E-state index contributed by atoms with van der Waals surface area (Å²) in [5.74, 6) is 11.7. The van der Waals surface area contributed by atoms with Crippen LogP contribution in [0.5, 0.6) is 0 Å². The van der Waals surface area contributed by atoms with Gasteiger partial charge in [0.1, 0.15) is 0 Å². The van der Waals surface area contributed by atoms with Crippen molar-refractivity contribution in [1.82, 2.24) is 30.2 Å². The first kappa shape index (κ1) is 39.0. The van der Waals surface area contributed by atoms with Crippen LogP contribution in [-0.2, 0) is 35.7 Å². The standard InChI is InChI=1S/C40H46N8O6/c41-27-31-9-13-33(14-10-31)29-43-37(49)45-17-21-47(22-18-45)39(51)53-25-3-7-35-5-1-2-6-36(35)8-4-26-54-40(52)48-23-19-46(20-24-48)38(50)44-30-34-15-11-32(28-42)12-16-34/h1-2,5-6,9-16H,17-30,41-42H2,(H,43,49)(H,44,50). The van der Waals surface area contributed by atoms with Gasteiger partial charge in [-0.1, -0.05) is 84.3 Å². The van der Waals surface area contributed by atoms with Gasteiger partial charge in [-0.15, -0.1) is 0 Å². The van der Waals surface area contributed by atoms with E-state index < -0.39 is 12.2 Å². The number of benzene rings is 3. The van der Waals surface area contributed by atoms with Crippen LogP contribution < -0.4 is 22.1 Å². The average molecular weight is 735 g/mol. The van der Waals surface area contributed by atoms with Crippen LogP contribution in [0.3, 0.4) is 0 Å². The zero-order valence-corrected chi connectivity index (χ0v) is 30.2. The zero-order chi connectivity index (χ0) is 38.1. The Morgan fingerprint density at radius 2 is 0.852 bits per heavy atom. The Hall–Kier alpha value is -6.22. The average Bonchev–Trinajstić information content (AvgIpc) is 3.22. The number of nitrogens with two attached hydrogens (primary N) is 2. The lowest BCUT2D eigenvalue weighted by Gasteiger charge is -2.33. The molecule has 2 fully saturated rings. The molecule has 0 aliphatic carbocycles. The lowest BCUT2D eigenvalue weighted by Crippen LogP contribution is -2.53. The van der Waals surface area contributed by atoms with Crippen molar-refractivity contribution in [1.29, 1.82) is 0 Å². The summed E-state index contributed by atoms with van der Waals surface area (Å²) in [7, 11) is 0. The molecule has 2 aliphatic heterocycles.